The van der Waals surface area contributed by atoms with Gasteiger partial charge in [-0.15, -0.1) is 11.3 Å². The molecule has 1 aliphatic heterocycles. The molecule has 3 aromatic rings. The molecule has 29 heavy (non-hydrogen) atoms. The first-order valence-electron chi connectivity index (χ1n) is 9.41. The Morgan fingerprint density at radius 2 is 1.90 bits per heavy atom. The van der Waals surface area contributed by atoms with Gasteiger partial charge in [-0.25, -0.2) is 9.99 Å². The molecule has 0 fully saturated rings. The zero-order chi connectivity index (χ0) is 20.5. The van der Waals surface area contributed by atoms with Crippen molar-refractivity contribution in [2.45, 2.75) is 26.3 Å². The number of ether oxygens (including phenoxy) is 2. The smallest absolute Gasteiger partial charge is 0.206 e. The lowest BCUT2D eigenvalue weighted by molar-refractivity contribution is 0.354. The second-order valence-corrected chi connectivity index (χ2v) is 7.97. The highest BCUT2D eigenvalue weighted by Crippen LogP contribution is 2.36. The highest BCUT2D eigenvalue weighted by atomic mass is 32.1. The fraction of sp³-hybridized carbons (Fsp3) is 0.273. The van der Waals surface area contributed by atoms with Crippen LogP contribution < -0.4 is 20.2 Å². The van der Waals surface area contributed by atoms with Crippen molar-refractivity contribution in [2.24, 2.45) is 5.10 Å². The van der Waals surface area contributed by atoms with Gasteiger partial charge in [-0.05, 0) is 55.7 Å². The summed E-state index contributed by atoms with van der Waals surface area (Å²) in [6.07, 6.45) is 2.61. The number of thiazole rings is 1. The summed E-state index contributed by atoms with van der Waals surface area (Å²) in [7, 11) is 3.31. The van der Waals surface area contributed by atoms with Gasteiger partial charge in [0.15, 0.2) is 11.5 Å². The lowest BCUT2D eigenvalue weighted by Crippen LogP contribution is -2.29. The third kappa shape index (κ3) is 3.53. The minimum Gasteiger partial charge on any atom is -0.493 e. The van der Waals surface area contributed by atoms with E-state index < -0.39 is 0 Å². The molecule has 0 saturated carbocycles. The number of aryl methyl sites for hydroxylation is 1. The maximum Gasteiger partial charge on any atom is 0.206 e. The van der Waals surface area contributed by atoms with E-state index in [0.29, 0.717) is 11.5 Å². The van der Waals surface area contributed by atoms with Gasteiger partial charge in [-0.3, -0.25) is 0 Å². The Labute approximate surface area is 174 Å². The van der Waals surface area contributed by atoms with Gasteiger partial charge in [-0.1, -0.05) is 6.07 Å². The van der Waals surface area contributed by atoms with Gasteiger partial charge in [0.2, 0.25) is 5.13 Å². The van der Waals surface area contributed by atoms with Crippen molar-refractivity contribution in [3.63, 3.8) is 0 Å². The molecule has 4 rings (SSSR count). The van der Waals surface area contributed by atoms with Crippen LogP contribution in [0.1, 0.15) is 29.2 Å². The average Bonchev–Trinajstić information content (AvgIpc) is 3.20. The van der Waals surface area contributed by atoms with Crippen molar-refractivity contribution in [1.82, 2.24) is 4.98 Å². The number of anilines is 2. The number of hydrogen-bond acceptors (Lipinski definition) is 7. The van der Waals surface area contributed by atoms with Crippen LogP contribution in [0, 0.1) is 6.92 Å². The van der Waals surface area contributed by atoms with Crippen LogP contribution in [0.2, 0.25) is 0 Å². The summed E-state index contributed by atoms with van der Waals surface area (Å²) in [5.41, 5.74) is 11.9. The van der Waals surface area contributed by atoms with Crippen molar-refractivity contribution in [2.75, 3.05) is 25.0 Å². The number of rotatable bonds is 4. The quantitative estimate of drug-likeness (QED) is 0.653. The monoisotopic (exact) mass is 408 g/mol. The van der Waals surface area contributed by atoms with E-state index in [0.717, 1.165) is 45.2 Å². The molecule has 0 amide bonds. The Kier molecular flexibility index (Phi) is 5.15. The van der Waals surface area contributed by atoms with E-state index in [-0.39, 0.29) is 6.04 Å². The topological polar surface area (TPSA) is 73.0 Å². The number of fused-ring (bicyclic) bond motifs is 1. The first-order valence-corrected chi connectivity index (χ1v) is 10.3. The zero-order valence-electron chi connectivity index (χ0n) is 17.0. The van der Waals surface area contributed by atoms with Crippen LogP contribution in [0.4, 0.5) is 10.8 Å². The van der Waals surface area contributed by atoms with Crippen LogP contribution in [0.3, 0.4) is 0 Å². The van der Waals surface area contributed by atoms with E-state index in [1.54, 1.807) is 31.8 Å². The summed E-state index contributed by atoms with van der Waals surface area (Å²) in [4.78, 5) is 4.49. The van der Waals surface area contributed by atoms with Crippen molar-refractivity contribution < 1.29 is 9.47 Å². The molecule has 1 aliphatic rings. The summed E-state index contributed by atoms with van der Waals surface area (Å²) < 4.78 is 11.1. The van der Waals surface area contributed by atoms with Gasteiger partial charge >= 0.3 is 0 Å². The molecule has 150 valence electrons. The summed E-state index contributed by atoms with van der Waals surface area (Å²) in [6.45, 7) is 4.16. The van der Waals surface area contributed by atoms with Crippen molar-refractivity contribution >= 4 is 27.9 Å². The van der Waals surface area contributed by atoms with Crippen LogP contribution >= 0.6 is 11.3 Å². The Bertz CT molecular complexity index is 1060. The maximum atomic E-state index is 6.06. The van der Waals surface area contributed by atoms with Gasteiger partial charge in [0.05, 0.1) is 26.0 Å². The lowest BCUT2D eigenvalue weighted by atomic mass is 9.93. The molecule has 0 saturated heterocycles. The SMILES string of the molecule is COc1cc2c(cc1OC)C(c1ccc(N)c(C)c1)=NN(c1nccs1)C(C)C2. The van der Waals surface area contributed by atoms with Crippen LogP contribution in [-0.4, -0.2) is 31.0 Å². The van der Waals surface area contributed by atoms with Crippen LogP contribution in [0.25, 0.3) is 0 Å². The fourth-order valence-electron chi connectivity index (χ4n) is 3.57. The van der Waals surface area contributed by atoms with Gasteiger partial charge < -0.3 is 15.2 Å². The molecular formula is C22H24N4O2S. The van der Waals surface area contributed by atoms with E-state index in [1.807, 2.05) is 35.5 Å². The Morgan fingerprint density at radius 1 is 1.14 bits per heavy atom. The van der Waals surface area contributed by atoms with Crippen LogP contribution in [0.5, 0.6) is 11.5 Å². The summed E-state index contributed by atoms with van der Waals surface area (Å²) in [5.74, 6) is 1.40. The third-order valence-electron chi connectivity index (χ3n) is 5.16. The third-order valence-corrected chi connectivity index (χ3v) is 5.92. The number of benzene rings is 2. The first kappa shape index (κ1) is 19.3. The number of nitrogens with zero attached hydrogens (tertiary/aromatic N) is 3. The summed E-state index contributed by atoms with van der Waals surface area (Å²) in [6, 6.07) is 10.2. The Hall–Kier alpha value is -3.06. The van der Waals surface area contributed by atoms with E-state index >= 15 is 0 Å². The summed E-state index contributed by atoms with van der Waals surface area (Å²) >= 11 is 1.58. The first-order chi connectivity index (χ1) is 14.0. The van der Waals surface area contributed by atoms with E-state index in [1.165, 1.54) is 0 Å². The molecule has 0 radical (unpaired) electrons. The predicted octanol–water partition coefficient (Wildman–Crippen LogP) is 4.25. The minimum absolute atomic E-state index is 0.130. The van der Waals surface area contributed by atoms with Crippen molar-refractivity contribution in [3.8, 4) is 11.5 Å². The van der Waals surface area contributed by atoms with Gasteiger partial charge in [-0.2, -0.15) is 5.10 Å². The maximum absolute atomic E-state index is 6.06. The lowest BCUT2D eigenvalue weighted by Gasteiger charge is -2.22. The predicted molar refractivity (Wildman–Crippen MR) is 119 cm³/mol. The number of hydrogen-bond donors (Lipinski definition) is 1. The molecule has 7 heteroatoms. The van der Waals surface area contributed by atoms with Gasteiger partial charge in [0.25, 0.3) is 0 Å². The molecule has 0 bridgehead atoms. The standard InChI is InChI=1S/C22H24N4O2S/c1-13-9-15(5-6-18(13)23)21-17-12-20(28-4)19(27-3)11-16(17)10-14(2)26(25-21)22-24-7-8-29-22/h5-9,11-12,14H,10,23H2,1-4H3. The van der Waals surface area contributed by atoms with Crippen LogP contribution in [-0.2, 0) is 6.42 Å². The number of nitrogen functional groups attached to an aromatic ring is 1. The summed E-state index contributed by atoms with van der Waals surface area (Å²) in [5, 5.41) is 9.91. The molecule has 1 atom stereocenters. The second kappa shape index (κ2) is 7.75. The number of methoxy groups -OCH3 is 2. The highest BCUT2D eigenvalue weighted by Gasteiger charge is 2.27. The van der Waals surface area contributed by atoms with Gasteiger partial charge in [0.1, 0.15) is 0 Å². The van der Waals surface area contributed by atoms with E-state index in [9.17, 15) is 0 Å². The number of nitrogens with two attached hydrogens (primary N) is 1. The molecule has 2 N–H and O–H groups in total. The molecule has 0 aliphatic carbocycles. The second-order valence-electron chi connectivity index (χ2n) is 7.10. The van der Waals surface area contributed by atoms with Crippen molar-refractivity contribution in [3.05, 3.63) is 64.2 Å². The average molecular weight is 409 g/mol. The molecule has 2 heterocycles. The zero-order valence-corrected chi connectivity index (χ0v) is 17.8. The Balaban J connectivity index is 1.96. The van der Waals surface area contributed by atoms with Crippen LogP contribution in [0.15, 0.2) is 47.0 Å². The molecule has 0 spiro atoms. The molecule has 6 nitrogen and oxygen atoms in total. The van der Waals surface area contributed by atoms with Crippen molar-refractivity contribution in [1.29, 1.82) is 0 Å². The minimum atomic E-state index is 0.130. The molecule has 1 unspecified atom stereocenters. The Morgan fingerprint density at radius 3 is 2.55 bits per heavy atom. The normalized spacial score (nSPS) is 16.1. The molecule has 2 aromatic carbocycles. The number of aromatic nitrogens is 1. The van der Waals surface area contributed by atoms with Gasteiger partial charge in [0, 0.05) is 28.4 Å². The van der Waals surface area contributed by atoms with E-state index in [2.05, 4.69) is 24.0 Å². The number of hydrazone groups is 1. The van der Waals surface area contributed by atoms with E-state index in [4.69, 9.17) is 20.3 Å². The molecular weight excluding hydrogens is 384 g/mol. The fourth-order valence-corrected chi connectivity index (χ4v) is 4.27. The largest absolute Gasteiger partial charge is 0.493 e. The molecule has 1 aromatic heterocycles. The highest BCUT2D eigenvalue weighted by molar-refractivity contribution is 7.13.